The summed E-state index contributed by atoms with van der Waals surface area (Å²) in [6.07, 6.45) is 0. The molecule has 0 bridgehead atoms. The predicted octanol–water partition coefficient (Wildman–Crippen LogP) is 2.82. The van der Waals surface area contributed by atoms with Gasteiger partial charge in [-0.3, -0.25) is 4.40 Å². The van der Waals surface area contributed by atoms with Crippen LogP contribution in [-0.4, -0.2) is 14.6 Å². The van der Waals surface area contributed by atoms with E-state index in [2.05, 4.69) is 10.2 Å². The first-order valence-electron chi connectivity index (χ1n) is 6.86. The summed E-state index contributed by atoms with van der Waals surface area (Å²) in [5, 5.41) is 8.36. The highest BCUT2D eigenvalue weighted by Crippen LogP contribution is 2.23. The summed E-state index contributed by atoms with van der Waals surface area (Å²) < 4.78 is 7.88. The van der Waals surface area contributed by atoms with Gasteiger partial charge in [0, 0.05) is 5.69 Å². The number of nitrogen functional groups attached to an aromatic ring is 1. The van der Waals surface area contributed by atoms with Gasteiger partial charge in [0.1, 0.15) is 12.4 Å². The third-order valence-corrected chi connectivity index (χ3v) is 3.67. The molecule has 3 aromatic rings. The summed E-state index contributed by atoms with van der Waals surface area (Å²) in [5.41, 5.74) is 10.6. The zero-order chi connectivity index (χ0) is 15.0. The molecule has 0 unspecified atom stereocenters. The number of aryl methyl sites for hydroxylation is 3. The number of nitrogens with zero attached hydrogens (tertiary/aromatic N) is 3. The normalized spacial score (nSPS) is 11.0. The number of anilines is 1. The Balaban J connectivity index is 1.94. The second-order valence-electron chi connectivity index (χ2n) is 5.19. The fourth-order valence-corrected chi connectivity index (χ4v) is 2.47. The van der Waals surface area contributed by atoms with Gasteiger partial charge in [-0.1, -0.05) is 18.2 Å². The van der Waals surface area contributed by atoms with Gasteiger partial charge in [-0.2, -0.15) is 0 Å². The molecule has 21 heavy (non-hydrogen) atoms. The lowest BCUT2D eigenvalue weighted by Gasteiger charge is -2.12. The van der Waals surface area contributed by atoms with Crippen LogP contribution in [0, 0.1) is 20.8 Å². The van der Waals surface area contributed by atoms with Crippen LogP contribution >= 0.6 is 0 Å². The molecule has 0 radical (unpaired) electrons. The summed E-state index contributed by atoms with van der Waals surface area (Å²) in [6, 6.07) is 9.79. The zero-order valence-electron chi connectivity index (χ0n) is 12.4. The van der Waals surface area contributed by atoms with E-state index in [-0.39, 0.29) is 0 Å². The van der Waals surface area contributed by atoms with Gasteiger partial charge in [0.15, 0.2) is 11.5 Å². The zero-order valence-corrected chi connectivity index (χ0v) is 12.4. The van der Waals surface area contributed by atoms with Crippen LogP contribution in [0.5, 0.6) is 5.75 Å². The van der Waals surface area contributed by atoms with Crippen molar-refractivity contribution in [3.05, 3.63) is 53.0 Å². The van der Waals surface area contributed by atoms with E-state index < -0.39 is 0 Å². The first-order chi connectivity index (χ1) is 10.1. The Kier molecular flexibility index (Phi) is 3.25. The van der Waals surface area contributed by atoms with Gasteiger partial charge in [0.05, 0.1) is 5.69 Å². The van der Waals surface area contributed by atoms with Crippen LogP contribution in [0.1, 0.15) is 22.6 Å². The van der Waals surface area contributed by atoms with Gasteiger partial charge < -0.3 is 10.5 Å². The number of hydrogen-bond acceptors (Lipinski definition) is 4. The van der Waals surface area contributed by atoms with Crippen LogP contribution in [0.15, 0.2) is 30.3 Å². The first-order valence-corrected chi connectivity index (χ1v) is 6.86. The van der Waals surface area contributed by atoms with E-state index in [0.717, 1.165) is 39.7 Å². The molecule has 0 saturated carbocycles. The quantitative estimate of drug-likeness (QED) is 0.802. The molecular formula is C16H18N4O. The molecule has 5 heteroatoms. The highest BCUT2D eigenvalue weighted by molar-refractivity contribution is 5.52. The van der Waals surface area contributed by atoms with E-state index in [1.165, 1.54) is 0 Å². The Morgan fingerprint density at radius 2 is 1.76 bits per heavy atom. The average Bonchev–Trinajstić information content (AvgIpc) is 2.86. The Labute approximate surface area is 123 Å². The molecule has 0 aliphatic rings. The number of hydrogen-bond donors (Lipinski definition) is 1. The highest BCUT2D eigenvalue weighted by atomic mass is 16.5. The number of nitrogens with two attached hydrogens (primary N) is 1. The molecule has 0 aliphatic carbocycles. The third kappa shape index (κ3) is 2.31. The minimum atomic E-state index is 0.358. The van der Waals surface area contributed by atoms with E-state index in [0.29, 0.717) is 6.61 Å². The number of para-hydroxylation sites is 1. The van der Waals surface area contributed by atoms with Crippen LogP contribution in [0.3, 0.4) is 0 Å². The van der Waals surface area contributed by atoms with Crippen LogP contribution in [-0.2, 0) is 6.61 Å². The first kappa shape index (κ1) is 13.4. The Hall–Kier alpha value is -2.56. The fourth-order valence-electron chi connectivity index (χ4n) is 2.47. The molecule has 2 aromatic heterocycles. The molecule has 0 atom stereocenters. The lowest BCUT2D eigenvalue weighted by Crippen LogP contribution is -2.06. The minimum absolute atomic E-state index is 0.358. The number of aromatic nitrogens is 3. The lowest BCUT2D eigenvalue weighted by molar-refractivity contribution is 0.290. The summed E-state index contributed by atoms with van der Waals surface area (Å²) in [7, 11) is 0. The molecule has 0 fully saturated rings. The number of ether oxygens (including phenoxy) is 1. The molecule has 108 valence electrons. The summed E-state index contributed by atoms with van der Waals surface area (Å²) in [6.45, 7) is 6.38. The van der Waals surface area contributed by atoms with Crippen molar-refractivity contribution in [3.63, 3.8) is 0 Å². The van der Waals surface area contributed by atoms with Crippen LogP contribution in [0.25, 0.3) is 5.65 Å². The van der Waals surface area contributed by atoms with Crippen LogP contribution in [0.2, 0.25) is 0 Å². The van der Waals surface area contributed by atoms with Crippen molar-refractivity contribution in [1.29, 1.82) is 0 Å². The number of rotatable bonds is 3. The van der Waals surface area contributed by atoms with E-state index in [9.17, 15) is 0 Å². The van der Waals surface area contributed by atoms with Gasteiger partial charge >= 0.3 is 0 Å². The second kappa shape index (κ2) is 5.09. The predicted molar refractivity (Wildman–Crippen MR) is 82.4 cm³/mol. The maximum Gasteiger partial charge on any atom is 0.175 e. The smallest absolute Gasteiger partial charge is 0.175 e. The van der Waals surface area contributed by atoms with Gasteiger partial charge in [-0.05, 0) is 44.0 Å². The average molecular weight is 282 g/mol. The van der Waals surface area contributed by atoms with Gasteiger partial charge in [0.25, 0.3) is 0 Å². The van der Waals surface area contributed by atoms with Gasteiger partial charge in [-0.15, -0.1) is 10.2 Å². The van der Waals surface area contributed by atoms with E-state index >= 15 is 0 Å². The fraction of sp³-hybridized carbons (Fsp3) is 0.250. The third-order valence-electron chi connectivity index (χ3n) is 3.67. The molecule has 0 spiro atoms. The van der Waals surface area contributed by atoms with Crippen LogP contribution < -0.4 is 10.5 Å². The van der Waals surface area contributed by atoms with Crippen LogP contribution in [0.4, 0.5) is 5.69 Å². The molecule has 2 N–H and O–H groups in total. The Morgan fingerprint density at radius 3 is 2.48 bits per heavy atom. The molecule has 2 heterocycles. The van der Waals surface area contributed by atoms with Crippen molar-refractivity contribution >= 4 is 11.3 Å². The molecule has 0 aliphatic heterocycles. The maximum atomic E-state index is 5.95. The van der Waals surface area contributed by atoms with E-state index in [1.54, 1.807) is 0 Å². The molecule has 0 saturated heterocycles. The SMILES string of the molecule is Cc1cccc(C)c1OCc1nnc2ccc(N)c(C)n12. The summed E-state index contributed by atoms with van der Waals surface area (Å²) >= 11 is 0. The lowest BCUT2D eigenvalue weighted by atomic mass is 10.1. The van der Waals surface area contributed by atoms with Gasteiger partial charge in [-0.25, -0.2) is 0 Å². The topological polar surface area (TPSA) is 65.4 Å². The van der Waals surface area contributed by atoms with Gasteiger partial charge in [0.2, 0.25) is 0 Å². The monoisotopic (exact) mass is 282 g/mol. The van der Waals surface area contributed by atoms with Crippen molar-refractivity contribution in [3.8, 4) is 5.75 Å². The molecule has 5 nitrogen and oxygen atoms in total. The number of benzene rings is 1. The number of pyridine rings is 1. The summed E-state index contributed by atoms with van der Waals surface area (Å²) in [4.78, 5) is 0. The van der Waals surface area contributed by atoms with Crippen molar-refractivity contribution in [1.82, 2.24) is 14.6 Å². The Morgan fingerprint density at radius 1 is 1.05 bits per heavy atom. The molecule has 1 aromatic carbocycles. The molecular weight excluding hydrogens is 264 g/mol. The highest BCUT2D eigenvalue weighted by Gasteiger charge is 2.11. The molecule has 0 amide bonds. The molecule has 3 rings (SSSR count). The van der Waals surface area contributed by atoms with Crippen molar-refractivity contribution in [2.24, 2.45) is 0 Å². The van der Waals surface area contributed by atoms with Crippen molar-refractivity contribution < 1.29 is 4.74 Å². The summed E-state index contributed by atoms with van der Waals surface area (Å²) in [5.74, 6) is 1.65. The minimum Gasteiger partial charge on any atom is -0.485 e. The second-order valence-corrected chi connectivity index (χ2v) is 5.19. The van der Waals surface area contributed by atoms with Crippen molar-refractivity contribution in [2.45, 2.75) is 27.4 Å². The Bertz CT molecular complexity index is 787. The van der Waals surface area contributed by atoms with E-state index in [1.807, 2.05) is 55.5 Å². The maximum absolute atomic E-state index is 5.95. The van der Waals surface area contributed by atoms with E-state index in [4.69, 9.17) is 10.5 Å². The number of fused-ring (bicyclic) bond motifs is 1. The standard InChI is InChI=1S/C16H18N4O/c1-10-5-4-6-11(2)16(10)21-9-15-19-18-14-8-7-13(17)12(3)20(14)15/h4-8H,9,17H2,1-3H3. The largest absolute Gasteiger partial charge is 0.485 e. The van der Waals surface area contributed by atoms with Crippen molar-refractivity contribution in [2.75, 3.05) is 5.73 Å².